The predicted molar refractivity (Wildman–Crippen MR) is 125 cm³/mol. The zero-order chi connectivity index (χ0) is 22.5. The van der Waals surface area contributed by atoms with Gasteiger partial charge in [0, 0.05) is 24.8 Å². The van der Waals surface area contributed by atoms with Gasteiger partial charge in [-0.3, -0.25) is 4.79 Å². The van der Waals surface area contributed by atoms with E-state index in [2.05, 4.69) is 10.6 Å². The van der Waals surface area contributed by atoms with E-state index in [1.165, 1.54) is 18.4 Å². The molecule has 0 aliphatic carbocycles. The van der Waals surface area contributed by atoms with Crippen LogP contribution in [0.4, 0.5) is 10.7 Å². The topological polar surface area (TPSA) is 89.1 Å². The molecule has 2 heterocycles. The Hall–Kier alpha value is -2.85. The third-order valence-electron chi connectivity index (χ3n) is 4.81. The lowest BCUT2D eigenvalue weighted by Crippen LogP contribution is -2.30. The van der Waals surface area contributed by atoms with Crippen molar-refractivity contribution in [1.29, 1.82) is 0 Å². The first-order valence-corrected chi connectivity index (χ1v) is 11.1. The molecular formula is C21H25N3O5S2. The summed E-state index contributed by atoms with van der Waals surface area (Å²) >= 11 is 6.62. The average molecular weight is 464 g/mol. The monoisotopic (exact) mass is 463 g/mol. The minimum atomic E-state index is -0.531. The number of carbonyl (C=O) groups excluding carboxylic acids is 2. The number of ether oxygens (including phenoxy) is 3. The van der Waals surface area contributed by atoms with E-state index >= 15 is 0 Å². The first-order valence-electron chi connectivity index (χ1n) is 9.88. The molecule has 0 saturated heterocycles. The van der Waals surface area contributed by atoms with Crippen LogP contribution in [-0.2, 0) is 4.74 Å². The number of rotatable bonds is 6. The van der Waals surface area contributed by atoms with E-state index in [1.807, 2.05) is 19.9 Å². The number of anilines is 2. The molecule has 0 saturated carbocycles. The molecule has 0 fully saturated rings. The van der Waals surface area contributed by atoms with Gasteiger partial charge in [-0.05, 0) is 50.7 Å². The molecule has 2 N–H and O–H groups in total. The van der Waals surface area contributed by atoms with Gasteiger partial charge in [0.15, 0.2) is 16.6 Å². The number of hydrogen-bond donors (Lipinski definition) is 2. The van der Waals surface area contributed by atoms with Crippen LogP contribution in [0.1, 0.15) is 39.4 Å². The summed E-state index contributed by atoms with van der Waals surface area (Å²) in [5.74, 6) is 0.652. The molecule has 0 atom stereocenters. The highest BCUT2D eigenvalue weighted by atomic mass is 32.1. The summed E-state index contributed by atoms with van der Waals surface area (Å²) in [6, 6.07) is 5.41. The number of methoxy groups -OCH3 is 1. The molecule has 1 aliphatic heterocycles. The van der Waals surface area contributed by atoms with E-state index in [-0.39, 0.29) is 11.0 Å². The number of carbonyl (C=O) groups is 2. The van der Waals surface area contributed by atoms with Crippen molar-refractivity contribution in [2.24, 2.45) is 0 Å². The third-order valence-corrected chi connectivity index (χ3v) is 6.21. The van der Waals surface area contributed by atoms with E-state index < -0.39 is 5.97 Å². The van der Waals surface area contributed by atoms with Crippen LogP contribution in [0.25, 0.3) is 0 Å². The fourth-order valence-electron chi connectivity index (χ4n) is 3.19. The van der Waals surface area contributed by atoms with Crippen molar-refractivity contribution in [3.63, 3.8) is 0 Å². The van der Waals surface area contributed by atoms with Crippen molar-refractivity contribution < 1.29 is 23.8 Å². The number of hydrogen-bond acceptors (Lipinski definition) is 7. The Bertz CT molecular complexity index is 1000. The van der Waals surface area contributed by atoms with Crippen LogP contribution in [0, 0.1) is 6.92 Å². The Balaban J connectivity index is 1.84. The molecule has 0 radical (unpaired) electrons. The summed E-state index contributed by atoms with van der Waals surface area (Å²) in [5.41, 5.74) is 1.57. The summed E-state index contributed by atoms with van der Waals surface area (Å²) in [6.45, 7) is 7.72. The highest BCUT2D eigenvalue weighted by molar-refractivity contribution is 7.80. The van der Waals surface area contributed by atoms with Gasteiger partial charge in [-0.2, -0.15) is 0 Å². The highest BCUT2D eigenvalue weighted by Crippen LogP contribution is 2.35. The van der Waals surface area contributed by atoms with Crippen molar-refractivity contribution in [1.82, 2.24) is 4.90 Å². The van der Waals surface area contributed by atoms with Crippen LogP contribution < -0.4 is 20.1 Å². The Morgan fingerprint density at radius 3 is 2.48 bits per heavy atom. The first kappa shape index (κ1) is 22.8. The molecule has 1 aliphatic rings. The van der Waals surface area contributed by atoms with Gasteiger partial charge in [0.2, 0.25) is 0 Å². The minimum absolute atomic E-state index is 0.128. The van der Waals surface area contributed by atoms with Crippen LogP contribution in [0.3, 0.4) is 0 Å². The Kier molecular flexibility index (Phi) is 7.34. The number of amides is 1. The van der Waals surface area contributed by atoms with Crippen molar-refractivity contribution in [2.75, 3.05) is 44.0 Å². The van der Waals surface area contributed by atoms with Crippen molar-refractivity contribution in [2.45, 2.75) is 20.8 Å². The van der Waals surface area contributed by atoms with Crippen molar-refractivity contribution in [3.8, 4) is 11.5 Å². The standard InChI is InChI=1S/C21H25N3O5S2/c1-5-24(6-2)19(25)17-12(3)16(20(26)27-4)18(31-17)23-21(30)22-13-7-8-14-15(11-13)29-10-9-28-14/h7-8,11H,5-6,9-10H2,1-4H3,(H2,22,23,30). The summed E-state index contributed by atoms with van der Waals surface area (Å²) in [5, 5.41) is 6.83. The number of thiocarbonyl (C=S) groups is 1. The van der Waals surface area contributed by atoms with E-state index in [4.69, 9.17) is 26.4 Å². The SMILES string of the molecule is CCN(CC)C(=O)c1sc(NC(=S)Nc2ccc3c(c2)OCCO3)c(C(=O)OC)c1C. The van der Waals surface area contributed by atoms with Crippen LogP contribution in [0.5, 0.6) is 11.5 Å². The molecule has 1 aromatic heterocycles. The Labute approximate surface area is 190 Å². The van der Waals surface area contributed by atoms with Gasteiger partial charge in [0.05, 0.1) is 17.6 Å². The second-order valence-electron chi connectivity index (χ2n) is 6.67. The fourth-order valence-corrected chi connectivity index (χ4v) is 4.65. The number of fused-ring (bicyclic) bond motifs is 1. The Morgan fingerprint density at radius 1 is 1.16 bits per heavy atom. The molecule has 8 nitrogen and oxygen atoms in total. The van der Waals surface area contributed by atoms with Gasteiger partial charge in [0.1, 0.15) is 18.2 Å². The number of benzene rings is 1. The first-order chi connectivity index (χ1) is 14.9. The second kappa shape index (κ2) is 9.97. The molecule has 0 spiro atoms. The zero-order valence-electron chi connectivity index (χ0n) is 17.9. The predicted octanol–water partition coefficient (Wildman–Crippen LogP) is 3.91. The van der Waals surface area contributed by atoms with Gasteiger partial charge in [-0.1, -0.05) is 0 Å². The highest BCUT2D eigenvalue weighted by Gasteiger charge is 2.27. The number of nitrogens with one attached hydrogen (secondary N) is 2. The largest absolute Gasteiger partial charge is 0.486 e. The maximum atomic E-state index is 12.9. The molecule has 166 valence electrons. The van der Waals surface area contributed by atoms with Gasteiger partial charge >= 0.3 is 5.97 Å². The summed E-state index contributed by atoms with van der Waals surface area (Å²) < 4.78 is 16.0. The van der Waals surface area contributed by atoms with Crippen LogP contribution in [0.2, 0.25) is 0 Å². The fraction of sp³-hybridized carbons (Fsp3) is 0.381. The quantitative estimate of drug-likeness (QED) is 0.493. The number of esters is 1. The normalized spacial score (nSPS) is 12.1. The van der Waals surface area contributed by atoms with Gasteiger partial charge in [-0.25, -0.2) is 4.79 Å². The van der Waals surface area contributed by atoms with Gasteiger partial charge in [-0.15, -0.1) is 11.3 Å². The van der Waals surface area contributed by atoms with Gasteiger partial charge in [0.25, 0.3) is 5.91 Å². The molecule has 10 heteroatoms. The summed E-state index contributed by atoms with van der Waals surface area (Å²) in [4.78, 5) is 27.5. The van der Waals surface area contributed by atoms with Crippen LogP contribution in [-0.4, -0.2) is 55.3 Å². The molecule has 3 rings (SSSR count). The lowest BCUT2D eigenvalue weighted by Gasteiger charge is -2.19. The Morgan fingerprint density at radius 2 is 1.84 bits per heavy atom. The molecule has 1 amide bonds. The number of nitrogens with zero attached hydrogens (tertiary/aromatic N) is 1. The molecule has 31 heavy (non-hydrogen) atoms. The maximum absolute atomic E-state index is 12.9. The van der Waals surface area contributed by atoms with E-state index in [1.54, 1.807) is 24.0 Å². The molecule has 0 bridgehead atoms. The van der Waals surface area contributed by atoms with Crippen LogP contribution >= 0.6 is 23.6 Å². The van der Waals surface area contributed by atoms with Crippen molar-refractivity contribution in [3.05, 3.63) is 34.2 Å². The summed E-state index contributed by atoms with van der Waals surface area (Å²) in [6.07, 6.45) is 0. The molecule has 1 aromatic carbocycles. The smallest absolute Gasteiger partial charge is 0.341 e. The molecule has 0 unspecified atom stereocenters. The maximum Gasteiger partial charge on any atom is 0.341 e. The minimum Gasteiger partial charge on any atom is -0.486 e. The summed E-state index contributed by atoms with van der Waals surface area (Å²) in [7, 11) is 1.31. The lowest BCUT2D eigenvalue weighted by molar-refractivity contribution is 0.0601. The lowest BCUT2D eigenvalue weighted by atomic mass is 10.1. The van der Waals surface area contributed by atoms with E-state index in [0.29, 0.717) is 64.5 Å². The molecule has 2 aromatic rings. The van der Waals surface area contributed by atoms with Gasteiger partial charge < -0.3 is 29.7 Å². The third kappa shape index (κ3) is 4.91. The average Bonchev–Trinajstić information content (AvgIpc) is 3.09. The van der Waals surface area contributed by atoms with Crippen molar-refractivity contribution >= 4 is 51.2 Å². The van der Waals surface area contributed by atoms with Crippen LogP contribution in [0.15, 0.2) is 18.2 Å². The van der Waals surface area contributed by atoms with E-state index in [0.717, 1.165) is 0 Å². The second-order valence-corrected chi connectivity index (χ2v) is 8.10. The number of thiophene rings is 1. The molecular weight excluding hydrogens is 438 g/mol. The van der Waals surface area contributed by atoms with E-state index in [9.17, 15) is 9.59 Å². The zero-order valence-corrected chi connectivity index (χ0v) is 19.5.